The zero-order valence-corrected chi connectivity index (χ0v) is 13.1. The van der Waals surface area contributed by atoms with Crippen LogP contribution in [0.2, 0.25) is 0 Å². The van der Waals surface area contributed by atoms with Crippen LogP contribution < -0.4 is 4.74 Å². The lowest BCUT2D eigenvalue weighted by Gasteiger charge is -2.56. The lowest BCUT2D eigenvalue weighted by atomic mass is 9.53. The molecule has 2 heterocycles. The van der Waals surface area contributed by atoms with E-state index in [-0.39, 0.29) is 29.8 Å². The van der Waals surface area contributed by atoms with Crippen LogP contribution in [-0.2, 0) is 18.4 Å². The molecule has 5 atom stereocenters. The van der Waals surface area contributed by atoms with Gasteiger partial charge in [0, 0.05) is 22.9 Å². The SMILES string of the molecule is CN1CC[C@]23c4c5c(CO)cc(O)c4O[C@H]2[C@@H](O)C=C[C@H]3[C@H]1C5. The lowest BCUT2D eigenvalue weighted by molar-refractivity contribution is -0.0454. The number of piperidine rings is 1. The van der Waals surface area contributed by atoms with E-state index >= 15 is 0 Å². The molecule has 3 N–H and O–H groups in total. The highest BCUT2D eigenvalue weighted by Crippen LogP contribution is 2.62. The van der Waals surface area contributed by atoms with Gasteiger partial charge in [0.1, 0.15) is 12.2 Å². The summed E-state index contributed by atoms with van der Waals surface area (Å²) in [5.74, 6) is 0.884. The fourth-order valence-electron chi connectivity index (χ4n) is 5.54. The normalized spacial score (nSPS) is 40.0. The van der Waals surface area contributed by atoms with E-state index in [2.05, 4.69) is 18.0 Å². The Morgan fingerprint density at radius 2 is 2.22 bits per heavy atom. The fraction of sp³-hybridized carbons (Fsp3) is 0.556. The number of hydrogen-bond donors (Lipinski definition) is 3. The van der Waals surface area contributed by atoms with Gasteiger partial charge in [-0.2, -0.15) is 0 Å². The van der Waals surface area contributed by atoms with Gasteiger partial charge in [-0.1, -0.05) is 12.2 Å². The molecule has 2 aliphatic heterocycles. The average Bonchev–Trinajstić information content (AvgIpc) is 2.89. The first-order valence-electron chi connectivity index (χ1n) is 8.30. The first-order chi connectivity index (χ1) is 11.1. The number of hydrogen-bond acceptors (Lipinski definition) is 5. The molecule has 1 aromatic rings. The Morgan fingerprint density at radius 1 is 1.39 bits per heavy atom. The molecule has 2 bridgehead atoms. The van der Waals surface area contributed by atoms with E-state index < -0.39 is 6.10 Å². The Balaban J connectivity index is 1.85. The van der Waals surface area contributed by atoms with Crippen LogP contribution >= 0.6 is 0 Å². The van der Waals surface area contributed by atoms with Gasteiger partial charge in [-0.05, 0) is 43.6 Å². The fourth-order valence-corrected chi connectivity index (χ4v) is 5.54. The second kappa shape index (κ2) is 4.29. The molecular formula is C18H21NO4. The highest BCUT2D eigenvalue weighted by molar-refractivity contribution is 5.64. The highest BCUT2D eigenvalue weighted by atomic mass is 16.5. The maximum absolute atomic E-state index is 10.5. The maximum Gasteiger partial charge on any atom is 0.165 e. The Bertz CT molecular complexity index is 730. The summed E-state index contributed by atoms with van der Waals surface area (Å²) >= 11 is 0. The molecule has 0 radical (unpaired) electrons. The van der Waals surface area contributed by atoms with Crippen LogP contribution in [0.15, 0.2) is 18.2 Å². The number of rotatable bonds is 1. The van der Waals surface area contributed by atoms with Gasteiger partial charge in [-0.25, -0.2) is 0 Å². The van der Waals surface area contributed by atoms with E-state index in [0.29, 0.717) is 11.8 Å². The van der Waals surface area contributed by atoms with E-state index in [9.17, 15) is 15.3 Å². The number of likely N-dealkylation sites (tertiary alicyclic amines) is 1. The summed E-state index contributed by atoms with van der Waals surface area (Å²) in [6.45, 7) is 0.862. The summed E-state index contributed by atoms with van der Waals surface area (Å²) in [5.41, 5.74) is 2.66. The van der Waals surface area contributed by atoms with Crippen LogP contribution in [0, 0.1) is 5.92 Å². The third kappa shape index (κ3) is 1.44. The summed E-state index contributed by atoms with van der Waals surface area (Å²) in [4.78, 5) is 2.38. The number of phenolic OH excluding ortho intramolecular Hbond substituents is 1. The van der Waals surface area contributed by atoms with Crippen molar-refractivity contribution in [1.82, 2.24) is 4.90 Å². The number of aliphatic hydroxyl groups is 2. The van der Waals surface area contributed by atoms with Crippen molar-refractivity contribution < 1.29 is 20.1 Å². The molecule has 1 fully saturated rings. The van der Waals surface area contributed by atoms with Gasteiger partial charge >= 0.3 is 0 Å². The number of nitrogens with zero attached hydrogens (tertiary/aromatic N) is 1. The second-order valence-corrected chi connectivity index (χ2v) is 7.38. The van der Waals surface area contributed by atoms with Crippen molar-refractivity contribution in [3.63, 3.8) is 0 Å². The monoisotopic (exact) mass is 315 g/mol. The average molecular weight is 315 g/mol. The predicted octanol–water partition coefficient (Wildman–Crippen LogP) is 0.690. The van der Waals surface area contributed by atoms with Gasteiger partial charge in [0.15, 0.2) is 11.5 Å². The summed E-state index contributed by atoms with van der Waals surface area (Å²) in [6, 6.07) is 1.96. The van der Waals surface area contributed by atoms with Gasteiger partial charge in [-0.15, -0.1) is 0 Å². The molecule has 5 rings (SSSR count). The third-order valence-electron chi connectivity index (χ3n) is 6.54. The molecule has 0 amide bonds. The Kier molecular flexibility index (Phi) is 2.58. The van der Waals surface area contributed by atoms with Crippen LogP contribution in [0.1, 0.15) is 23.1 Å². The Hall–Kier alpha value is -1.56. The number of aromatic hydroxyl groups is 1. The van der Waals surface area contributed by atoms with Crippen LogP contribution in [0.3, 0.4) is 0 Å². The molecule has 0 unspecified atom stereocenters. The van der Waals surface area contributed by atoms with Crippen LogP contribution in [0.25, 0.3) is 0 Å². The van der Waals surface area contributed by atoms with E-state index in [4.69, 9.17) is 4.74 Å². The summed E-state index contributed by atoms with van der Waals surface area (Å²) < 4.78 is 6.10. The Labute approximate surface area is 134 Å². The number of likely N-dealkylation sites (N-methyl/N-ethyl adjacent to an activating group) is 1. The first kappa shape index (κ1) is 13.8. The van der Waals surface area contributed by atoms with Crippen molar-refractivity contribution in [2.45, 2.75) is 43.1 Å². The lowest BCUT2D eigenvalue weighted by Crippen LogP contribution is -2.64. The van der Waals surface area contributed by atoms with Gasteiger partial charge in [-0.3, -0.25) is 0 Å². The van der Waals surface area contributed by atoms with Gasteiger partial charge in [0.25, 0.3) is 0 Å². The van der Waals surface area contributed by atoms with Crippen molar-refractivity contribution in [1.29, 1.82) is 0 Å². The number of phenols is 1. The molecule has 5 nitrogen and oxygen atoms in total. The molecule has 1 aromatic carbocycles. The smallest absolute Gasteiger partial charge is 0.165 e. The molecule has 5 heteroatoms. The predicted molar refractivity (Wildman–Crippen MR) is 83.5 cm³/mol. The largest absolute Gasteiger partial charge is 0.504 e. The molecule has 4 aliphatic rings. The van der Waals surface area contributed by atoms with Crippen molar-refractivity contribution in [3.8, 4) is 11.5 Å². The summed E-state index contributed by atoms with van der Waals surface area (Å²) in [6.07, 6.45) is 4.73. The second-order valence-electron chi connectivity index (χ2n) is 7.38. The number of ether oxygens (including phenoxy) is 1. The molecule has 0 saturated carbocycles. The van der Waals surface area contributed by atoms with Crippen molar-refractivity contribution in [2.75, 3.05) is 13.6 Å². The topological polar surface area (TPSA) is 73.2 Å². The first-order valence-corrected chi connectivity index (χ1v) is 8.30. The molecular weight excluding hydrogens is 294 g/mol. The highest BCUT2D eigenvalue weighted by Gasteiger charge is 2.64. The quantitative estimate of drug-likeness (QED) is 0.665. The van der Waals surface area contributed by atoms with Crippen LogP contribution in [0.5, 0.6) is 11.5 Å². The third-order valence-corrected chi connectivity index (χ3v) is 6.54. The van der Waals surface area contributed by atoms with Crippen LogP contribution in [-0.4, -0.2) is 52.1 Å². The summed E-state index contributed by atoms with van der Waals surface area (Å²) in [5, 5.41) is 30.7. The minimum Gasteiger partial charge on any atom is -0.504 e. The standard InChI is InChI=1S/C18H21NO4/c1-19-5-4-18-11-2-3-13(21)17(18)23-16-14(22)6-9(8-20)10(15(16)18)7-12(11)19/h2-3,6,11-13,17,20-22H,4-5,7-8H2,1H3/t11-,12+,13-,17-,18-/m0/s1. The van der Waals surface area contributed by atoms with Gasteiger partial charge in [0.2, 0.25) is 0 Å². The van der Waals surface area contributed by atoms with Gasteiger partial charge in [0.05, 0.1) is 6.61 Å². The molecule has 1 saturated heterocycles. The summed E-state index contributed by atoms with van der Waals surface area (Å²) in [7, 11) is 2.14. The minimum atomic E-state index is -0.661. The van der Waals surface area contributed by atoms with Crippen molar-refractivity contribution in [2.24, 2.45) is 5.92 Å². The number of aliphatic hydroxyl groups excluding tert-OH is 2. The molecule has 1 spiro atoms. The molecule has 23 heavy (non-hydrogen) atoms. The van der Waals surface area contributed by atoms with Gasteiger partial charge < -0.3 is 25.0 Å². The minimum absolute atomic E-state index is 0.0832. The Morgan fingerprint density at radius 3 is 3.00 bits per heavy atom. The van der Waals surface area contributed by atoms with E-state index in [1.807, 2.05) is 6.08 Å². The zero-order chi connectivity index (χ0) is 15.9. The molecule has 0 aromatic heterocycles. The van der Waals surface area contributed by atoms with E-state index in [1.165, 1.54) is 0 Å². The number of benzene rings is 1. The maximum atomic E-state index is 10.5. The van der Waals surface area contributed by atoms with Crippen molar-refractivity contribution in [3.05, 3.63) is 34.9 Å². The van der Waals surface area contributed by atoms with E-state index in [1.54, 1.807) is 6.07 Å². The van der Waals surface area contributed by atoms with Crippen molar-refractivity contribution >= 4 is 0 Å². The molecule has 2 aliphatic carbocycles. The zero-order valence-electron chi connectivity index (χ0n) is 13.1. The molecule has 122 valence electrons. The van der Waals surface area contributed by atoms with Crippen LogP contribution in [0.4, 0.5) is 0 Å². The van der Waals surface area contributed by atoms with E-state index in [0.717, 1.165) is 36.1 Å².